The molecule has 2 amide bonds. The monoisotopic (exact) mass is 314 g/mol. The first-order chi connectivity index (χ1) is 11.2. The van der Waals surface area contributed by atoms with Gasteiger partial charge in [0.15, 0.2) is 0 Å². The molecule has 1 aromatic carbocycles. The average molecular weight is 314 g/mol. The van der Waals surface area contributed by atoms with Gasteiger partial charge in [-0.2, -0.15) is 0 Å². The van der Waals surface area contributed by atoms with E-state index >= 15 is 0 Å². The summed E-state index contributed by atoms with van der Waals surface area (Å²) >= 11 is 0. The zero-order valence-electron chi connectivity index (χ0n) is 13.9. The Morgan fingerprint density at radius 1 is 1.09 bits per heavy atom. The van der Waals surface area contributed by atoms with Crippen LogP contribution in [0.5, 0.6) is 0 Å². The molecule has 3 rings (SSSR count). The van der Waals surface area contributed by atoms with Crippen LogP contribution in [0.25, 0.3) is 0 Å². The molecular weight excluding hydrogens is 288 g/mol. The zero-order valence-corrected chi connectivity index (χ0v) is 13.9. The van der Waals surface area contributed by atoms with Crippen molar-refractivity contribution >= 4 is 11.8 Å². The molecule has 1 heterocycles. The molecule has 124 valence electrons. The van der Waals surface area contributed by atoms with Gasteiger partial charge in [0.05, 0.1) is 11.1 Å². The maximum Gasteiger partial charge on any atom is 0.261 e. The number of carbonyl (C=O) groups excluding carboxylic acids is 2. The number of fused-ring (bicyclic) bond motifs is 1. The summed E-state index contributed by atoms with van der Waals surface area (Å²) in [5, 5.41) is 3.73. The number of nitrogens with one attached hydrogen (secondary N) is 1. The second-order valence-electron chi connectivity index (χ2n) is 6.70. The topological polar surface area (TPSA) is 49.4 Å². The van der Waals surface area contributed by atoms with Crippen LogP contribution >= 0.6 is 0 Å². The summed E-state index contributed by atoms with van der Waals surface area (Å²) in [4.78, 5) is 26.2. The first-order valence-corrected chi connectivity index (χ1v) is 8.92. The van der Waals surface area contributed by atoms with E-state index in [1.54, 1.807) is 12.1 Å². The Hall–Kier alpha value is -1.68. The minimum atomic E-state index is -0.141. The lowest BCUT2D eigenvalue weighted by Crippen LogP contribution is -2.42. The number of amides is 2. The van der Waals surface area contributed by atoms with Crippen LogP contribution in [-0.2, 0) is 0 Å². The van der Waals surface area contributed by atoms with Gasteiger partial charge in [-0.3, -0.25) is 14.5 Å². The molecule has 0 radical (unpaired) electrons. The number of benzene rings is 1. The minimum Gasteiger partial charge on any atom is -0.311 e. The molecule has 4 heteroatoms. The molecule has 0 saturated heterocycles. The highest BCUT2D eigenvalue weighted by Gasteiger charge is 2.35. The molecule has 2 aliphatic rings. The molecule has 1 atom stereocenters. The summed E-state index contributed by atoms with van der Waals surface area (Å²) in [6.45, 7) is 2.67. The molecule has 0 bridgehead atoms. The van der Waals surface area contributed by atoms with Crippen molar-refractivity contribution in [2.24, 2.45) is 0 Å². The zero-order chi connectivity index (χ0) is 16.2. The molecule has 0 spiro atoms. The second kappa shape index (κ2) is 7.26. The number of hydrogen-bond donors (Lipinski definition) is 1. The Kier molecular flexibility index (Phi) is 5.11. The summed E-state index contributed by atoms with van der Waals surface area (Å²) < 4.78 is 0. The van der Waals surface area contributed by atoms with E-state index in [2.05, 4.69) is 12.2 Å². The van der Waals surface area contributed by atoms with Crippen molar-refractivity contribution in [3.63, 3.8) is 0 Å². The number of rotatable bonds is 6. The maximum atomic E-state index is 12.4. The van der Waals surface area contributed by atoms with Gasteiger partial charge in [-0.25, -0.2) is 0 Å². The Labute approximate surface area is 138 Å². The molecule has 0 aromatic heterocycles. The number of hydrogen-bond acceptors (Lipinski definition) is 3. The average Bonchev–Trinajstić information content (AvgIpc) is 2.84. The van der Waals surface area contributed by atoms with E-state index < -0.39 is 0 Å². The van der Waals surface area contributed by atoms with Crippen LogP contribution in [0.4, 0.5) is 0 Å². The SMILES string of the molecule is CCC(CCN1C(=O)c2ccccc2C1=O)NC1CCCCC1. The normalized spacial score (nSPS) is 20.0. The molecule has 1 N–H and O–H groups in total. The lowest BCUT2D eigenvalue weighted by molar-refractivity contribution is 0.0647. The lowest BCUT2D eigenvalue weighted by atomic mass is 9.94. The van der Waals surface area contributed by atoms with Gasteiger partial charge in [0.25, 0.3) is 11.8 Å². The fourth-order valence-electron chi connectivity index (χ4n) is 3.74. The van der Waals surface area contributed by atoms with Gasteiger partial charge in [0.1, 0.15) is 0 Å². The Balaban J connectivity index is 1.57. The fraction of sp³-hybridized carbons (Fsp3) is 0.579. The van der Waals surface area contributed by atoms with Crippen molar-refractivity contribution in [2.75, 3.05) is 6.54 Å². The third kappa shape index (κ3) is 3.47. The van der Waals surface area contributed by atoms with Crippen LogP contribution in [0, 0.1) is 0 Å². The molecule has 4 nitrogen and oxygen atoms in total. The van der Waals surface area contributed by atoms with Gasteiger partial charge < -0.3 is 5.32 Å². The summed E-state index contributed by atoms with van der Waals surface area (Å²) in [5.74, 6) is -0.281. The lowest BCUT2D eigenvalue weighted by Gasteiger charge is -2.28. The maximum absolute atomic E-state index is 12.4. The second-order valence-corrected chi connectivity index (χ2v) is 6.70. The van der Waals surface area contributed by atoms with Crippen molar-refractivity contribution in [3.05, 3.63) is 35.4 Å². The van der Waals surface area contributed by atoms with Gasteiger partial charge in [0.2, 0.25) is 0 Å². The first-order valence-electron chi connectivity index (χ1n) is 8.92. The van der Waals surface area contributed by atoms with E-state index in [0.717, 1.165) is 12.8 Å². The van der Waals surface area contributed by atoms with Crippen molar-refractivity contribution in [3.8, 4) is 0 Å². The standard InChI is InChI=1S/C19H26N2O2/c1-2-14(20-15-8-4-3-5-9-15)12-13-21-18(22)16-10-6-7-11-17(16)19(21)23/h6-7,10-11,14-15,20H,2-5,8-9,12-13H2,1H3. The van der Waals surface area contributed by atoms with E-state index in [-0.39, 0.29) is 11.8 Å². The van der Waals surface area contributed by atoms with Crippen molar-refractivity contribution < 1.29 is 9.59 Å². The third-order valence-electron chi connectivity index (χ3n) is 5.15. The number of nitrogens with zero attached hydrogens (tertiary/aromatic N) is 1. The summed E-state index contributed by atoms with van der Waals surface area (Å²) in [6.07, 6.45) is 8.34. The van der Waals surface area contributed by atoms with Crippen LogP contribution in [-0.4, -0.2) is 35.3 Å². The highest BCUT2D eigenvalue weighted by atomic mass is 16.2. The van der Waals surface area contributed by atoms with Gasteiger partial charge in [-0.15, -0.1) is 0 Å². The van der Waals surface area contributed by atoms with E-state index in [9.17, 15) is 9.59 Å². The largest absolute Gasteiger partial charge is 0.311 e. The Morgan fingerprint density at radius 2 is 1.70 bits per heavy atom. The fourth-order valence-corrected chi connectivity index (χ4v) is 3.74. The molecular formula is C19H26N2O2. The van der Waals surface area contributed by atoms with Gasteiger partial charge >= 0.3 is 0 Å². The molecule has 1 aromatic rings. The molecule has 1 saturated carbocycles. The van der Waals surface area contributed by atoms with E-state index in [4.69, 9.17) is 0 Å². The van der Waals surface area contributed by atoms with Gasteiger partial charge in [-0.1, -0.05) is 38.3 Å². The van der Waals surface area contributed by atoms with Crippen LogP contribution in [0.1, 0.15) is 72.6 Å². The Morgan fingerprint density at radius 3 is 2.26 bits per heavy atom. The van der Waals surface area contributed by atoms with Crippen molar-refractivity contribution in [1.29, 1.82) is 0 Å². The Bertz CT molecular complexity index is 543. The van der Waals surface area contributed by atoms with Crippen LogP contribution in [0.15, 0.2) is 24.3 Å². The van der Waals surface area contributed by atoms with Gasteiger partial charge in [-0.05, 0) is 37.8 Å². The third-order valence-corrected chi connectivity index (χ3v) is 5.15. The highest BCUT2D eigenvalue weighted by molar-refractivity contribution is 6.21. The van der Waals surface area contributed by atoms with Gasteiger partial charge in [0, 0.05) is 18.6 Å². The summed E-state index contributed by atoms with van der Waals surface area (Å²) in [5.41, 5.74) is 1.09. The molecule has 23 heavy (non-hydrogen) atoms. The molecule has 1 aliphatic heterocycles. The minimum absolute atomic E-state index is 0.141. The predicted octanol–water partition coefficient (Wildman–Crippen LogP) is 3.37. The summed E-state index contributed by atoms with van der Waals surface area (Å²) in [6, 6.07) is 8.10. The quantitative estimate of drug-likeness (QED) is 0.819. The number of imide groups is 1. The van der Waals surface area contributed by atoms with E-state index in [1.807, 2.05) is 12.1 Å². The van der Waals surface area contributed by atoms with Crippen LogP contribution < -0.4 is 5.32 Å². The van der Waals surface area contributed by atoms with Crippen LogP contribution in [0.3, 0.4) is 0 Å². The smallest absolute Gasteiger partial charge is 0.261 e. The predicted molar refractivity (Wildman–Crippen MR) is 90.5 cm³/mol. The molecule has 1 fully saturated rings. The summed E-state index contributed by atoms with van der Waals surface area (Å²) in [7, 11) is 0. The van der Waals surface area contributed by atoms with Crippen LogP contribution in [0.2, 0.25) is 0 Å². The molecule has 1 aliphatic carbocycles. The number of carbonyl (C=O) groups is 2. The molecule has 1 unspecified atom stereocenters. The van der Waals surface area contributed by atoms with Crippen molar-refractivity contribution in [1.82, 2.24) is 10.2 Å². The first kappa shape index (κ1) is 16.2. The van der Waals surface area contributed by atoms with Crippen molar-refractivity contribution in [2.45, 2.75) is 64.0 Å². The highest BCUT2D eigenvalue weighted by Crippen LogP contribution is 2.23. The van der Waals surface area contributed by atoms with E-state index in [0.29, 0.717) is 29.8 Å². The van der Waals surface area contributed by atoms with E-state index in [1.165, 1.54) is 37.0 Å².